The molecule has 0 aliphatic carbocycles. The third kappa shape index (κ3) is 1.23. The Bertz CT molecular complexity index is 98.7. The number of nitrogens with one attached hydrogen (secondary N) is 1. The molecule has 0 radical (unpaired) electrons. The summed E-state index contributed by atoms with van der Waals surface area (Å²) in [7, 11) is 0. The Morgan fingerprint density at radius 3 is 3.25 bits per heavy atom. The predicted molar refractivity (Wildman–Crippen MR) is 32.1 cm³/mol. The van der Waals surface area contributed by atoms with E-state index in [1.807, 2.05) is 0 Å². The smallest absolute Gasteiger partial charge is 0.0947 e. The normalized spacial score (nSPS) is 17.9. The van der Waals surface area contributed by atoms with Gasteiger partial charge in [-0.15, -0.1) is 0 Å². The standard InChI is InChI=1S/C6H11NO/c1-2-3-6-4-5-8-7-6/h4,7H,2-3,5H2,1H3. The molecule has 0 saturated heterocycles. The quantitative estimate of drug-likeness (QED) is 0.581. The maximum Gasteiger partial charge on any atom is 0.0947 e. The van der Waals surface area contributed by atoms with E-state index in [0.717, 1.165) is 13.0 Å². The molecule has 2 nitrogen and oxygen atoms in total. The lowest BCUT2D eigenvalue weighted by molar-refractivity contribution is 0.107. The second-order valence-electron chi connectivity index (χ2n) is 1.89. The molecule has 0 unspecified atom stereocenters. The lowest BCUT2D eigenvalue weighted by Crippen LogP contribution is -2.04. The summed E-state index contributed by atoms with van der Waals surface area (Å²) >= 11 is 0. The largest absolute Gasteiger partial charge is 0.272 e. The van der Waals surface area contributed by atoms with E-state index < -0.39 is 0 Å². The minimum atomic E-state index is 0.731. The highest BCUT2D eigenvalue weighted by Crippen LogP contribution is 2.04. The fourth-order valence-electron chi connectivity index (χ4n) is 0.741. The molecule has 0 aromatic carbocycles. The van der Waals surface area contributed by atoms with E-state index in [4.69, 9.17) is 4.84 Å². The van der Waals surface area contributed by atoms with Gasteiger partial charge in [0.25, 0.3) is 0 Å². The van der Waals surface area contributed by atoms with E-state index >= 15 is 0 Å². The van der Waals surface area contributed by atoms with Crippen LogP contribution >= 0.6 is 0 Å². The van der Waals surface area contributed by atoms with Gasteiger partial charge in [-0.25, -0.2) is 0 Å². The van der Waals surface area contributed by atoms with Crippen molar-refractivity contribution in [1.82, 2.24) is 5.48 Å². The Labute approximate surface area is 49.5 Å². The van der Waals surface area contributed by atoms with Gasteiger partial charge in [-0.3, -0.25) is 10.3 Å². The fourth-order valence-corrected chi connectivity index (χ4v) is 0.741. The lowest BCUT2D eigenvalue weighted by atomic mass is 10.2. The Hall–Kier alpha value is -0.500. The third-order valence-corrected chi connectivity index (χ3v) is 1.14. The van der Waals surface area contributed by atoms with E-state index in [9.17, 15) is 0 Å². The molecule has 0 amide bonds. The fraction of sp³-hybridized carbons (Fsp3) is 0.667. The summed E-state index contributed by atoms with van der Waals surface area (Å²) in [6.07, 6.45) is 4.37. The van der Waals surface area contributed by atoms with Crippen LogP contribution in [-0.4, -0.2) is 6.61 Å². The highest BCUT2D eigenvalue weighted by Gasteiger charge is 1.99. The van der Waals surface area contributed by atoms with Gasteiger partial charge < -0.3 is 0 Å². The Kier molecular flexibility index (Phi) is 1.92. The second kappa shape index (κ2) is 2.72. The van der Waals surface area contributed by atoms with E-state index in [2.05, 4.69) is 18.5 Å². The van der Waals surface area contributed by atoms with Crippen LogP contribution in [0.25, 0.3) is 0 Å². The van der Waals surface area contributed by atoms with Gasteiger partial charge in [0.05, 0.1) is 6.61 Å². The average molecular weight is 113 g/mol. The monoisotopic (exact) mass is 113 g/mol. The topological polar surface area (TPSA) is 21.3 Å². The zero-order valence-electron chi connectivity index (χ0n) is 5.11. The van der Waals surface area contributed by atoms with Crippen molar-refractivity contribution < 1.29 is 4.84 Å². The van der Waals surface area contributed by atoms with Crippen molar-refractivity contribution in [2.24, 2.45) is 0 Å². The van der Waals surface area contributed by atoms with E-state index in [0.29, 0.717) is 0 Å². The molecule has 1 aliphatic rings. The molecule has 0 spiro atoms. The van der Waals surface area contributed by atoms with Gasteiger partial charge in [0.1, 0.15) is 0 Å². The molecule has 46 valence electrons. The predicted octanol–water partition coefficient (Wildman–Crippen LogP) is 1.21. The zero-order valence-corrected chi connectivity index (χ0v) is 5.11. The molecule has 0 aromatic rings. The zero-order chi connectivity index (χ0) is 5.82. The Morgan fingerprint density at radius 1 is 1.88 bits per heavy atom. The summed E-state index contributed by atoms with van der Waals surface area (Å²) in [4.78, 5) is 4.87. The van der Waals surface area contributed by atoms with Crippen LogP contribution in [0.4, 0.5) is 0 Å². The number of rotatable bonds is 2. The summed E-state index contributed by atoms with van der Waals surface area (Å²) in [5.41, 5.74) is 4.05. The van der Waals surface area contributed by atoms with Crippen molar-refractivity contribution >= 4 is 0 Å². The summed E-state index contributed by atoms with van der Waals surface area (Å²) < 4.78 is 0. The molecule has 0 atom stereocenters. The van der Waals surface area contributed by atoms with Crippen molar-refractivity contribution in [3.63, 3.8) is 0 Å². The third-order valence-electron chi connectivity index (χ3n) is 1.14. The van der Waals surface area contributed by atoms with E-state index in [-0.39, 0.29) is 0 Å². The molecule has 0 bridgehead atoms. The van der Waals surface area contributed by atoms with Crippen LogP contribution < -0.4 is 5.48 Å². The first kappa shape index (κ1) is 5.63. The van der Waals surface area contributed by atoms with E-state index in [1.54, 1.807) is 0 Å². The molecular weight excluding hydrogens is 102 g/mol. The maximum absolute atomic E-state index is 4.87. The molecule has 0 saturated carbocycles. The van der Waals surface area contributed by atoms with Gasteiger partial charge in [0, 0.05) is 5.70 Å². The van der Waals surface area contributed by atoms with Gasteiger partial charge >= 0.3 is 0 Å². The molecule has 1 rings (SSSR count). The van der Waals surface area contributed by atoms with Crippen LogP contribution in [0.5, 0.6) is 0 Å². The van der Waals surface area contributed by atoms with Crippen LogP contribution in [0.1, 0.15) is 19.8 Å². The van der Waals surface area contributed by atoms with Crippen LogP contribution in [0.15, 0.2) is 11.8 Å². The van der Waals surface area contributed by atoms with Gasteiger partial charge in [-0.2, -0.15) is 0 Å². The maximum atomic E-state index is 4.87. The summed E-state index contributed by atoms with van der Waals surface area (Å²) in [5.74, 6) is 0. The molecular formula is C6H11NO. The molecule has 1 heterocycles. The van der Waals surface area contributed by atoms with Crippen molar-refractivity contribution in [1.29, 1.82) is 0 Å². The summed E-state index contributed by atoms with van der Waals surface area (Å²) in [6.45, 7) is 2.89. The second-order valence-corrected chi connectivity index (χ2v) is 1.89. The Balaban J connectivity index is 2.23. The number of hydrogen-bond acceptors (Lipinski definition) is 2. The minimum absolute atomic E-state index is 0.731. The van der Waals surface area contributed by atoms with Crippen molar-refractivity contribution in [3.8, 4) is 0 Å². The van der Waals surface area contributed by atoms with Gasteiger partial charge in [0.15, 0.2) is 0 Å². The first-order chi connectivity index (χ1) is 3.93. The van der Waals surface area contributed by atoms with E-state index in [1.165, 1.54) is 12.1 Å². The van der Waals surface area contributed by atoms with Crippen LogP contribution in [0.3, 0.4) is 0 Å². The van der Waals surface area contributed by atoms with Crippen LogP contribution in [-0.2, 0) is 4.84 Å². The first-order valence-corrected chi connectivity index (χ1v) is 3.00. The summed E-state index contributed by atoms with van der Waals surface area (Å²) in [5, 5.41) is 0. The number of hydroxylamine groups is 1. The van der Waals surface area contributed by atoms with Gasteiger partial charge in [-0.1, -0.05) is 13.3 Å². The highest BCUT2D eigenvalue weighted by atomic mass is 16.6. The van der Waals surface area contributed by atoms with Crippen LogP contribution in [0, 0.1) is 0 Å². The Morgan fingerprint density at radius 2 is 2.75 bits per heavy atom. The molecule has 2 heteroatoms. The van der Waals surface area contributed by atoms with Gasteiger partial charge in [0.2, 0.25) is 0 Å². The minimum Gasteiger partial charge on any atom is -0.272 e. The number of allylic oxidation sites excluding steroid dienone is 1. The number of hydrogen-bond donors (Lipinski definition) is 1. The highest BCUT2D eigenvalue weighted by molar-refractivity contribution is 5.00. The lowest BCUT2D eigenvalue weighted by Gasteiger charge is -1.97. The molecule has 1 N–H and O–H groups in total. The molecule has 8 heavy (non-hydrogen) atoms. The molecule has 1 aliphatic heterocycles. The SMILES string of the molecule is CCCC1=CCON1. The van der Waals surface area contributed by atoms with Crippen molar-refractivity contribution in [3.05, 3.63) is 11.8 Å². The van der Waals surface area contributed by atoms with Crippen LogP contribution in [0.2, 0.25) is 0 Å². The van der Waals surface area contributed by atoms with Crippen molar-refractivity contribution in [2.45, 2.75) is 19.8 Å². The van der Waals surface area contributed by atoms with Gasteiger partial charge in [-0.05, 0) is 12.5 Å². The van der Waals surface area contributed by atoms with Crippen molar-refractivity contribution in [2.75, 3.05) is 6.61 Å². The average Bonchev–Trinajstić information content (AvgIpc) is 2.19. The molecule has 0 aromatic heterocycles. The first-order valence-electron chi connectivity index (χ1n) is 3.00. The summed E-state index contributed by atoms with van der Waals surface area (Å²) in [6, 6.07) is 0. The molecule has 0 fully saturated rings.